The van der Waals surface area contributed by atoms with Crippen LogP contribution in [0.15, 0.2) is 79.3 Å². The summed E-state index contributed by atoms with van der Waals surface area (Å²) in [7, 11) is 1.84. The standard InChI is InChI=1S/C27H25FN6O/c1-34-18-22(16-32-34)21-10-11-26(31-15-21)33-27(35)24(23-4-2-3-5-25(23)28)17-30-13-12-19-6-8-20(14-29)9-7-19/h2-11,15-16,18,24,30H,12-13,17H2,1H3,(H,31,33,35). The summed E-state index contributed by atoms with van der Waals surface area (Å²) >= 11 is 0. The third-order valence-corrected chi connectivity index (χ3v) is 5.67. The molecule has 1 unspecified atom stereocenters. The molecule has 0 aliphatic heterocycles. The number of amides is 1. The van der Waals surface area contributed by atoms with E-state index in [0.29, 0.717) is 29.9 Å². The van der Waals surface area contributed by atoms with Crippen molar-refractivity contribution in [1.82, 2.24) is 20.1 Å². The molecule has 4 aromatic rings. The quantitative estimate of drug-likeness (QED) is 0.362. The van der Waals surface area contributed by atoms with Crippen molar-refractivity contribution in [1.29, 1.82) is 5.26 Å². The van der Waals surface area contributed by atoms with E-state index in [1.807, 2.05) is 31.4 Å². The Labute approximate surface area is 203 Å². The fourth-order valence-electron chi connectivity index (χ4n) is 3.75. The number of nitrogens with one attached hydrogen (secondary N) is 2. The van der Waals surface area contributed by atoms with Gasteiger partial charge >= 0.3 is 0 Å². The molecule has 4 rings (SSSR count). The second-order valence-electron chi connectivity index (χ2n) is 8.16. The van der Waals surface area contributed by atoms with Gasteiger partial charge in [-0.3, -0.25) is 9.48 Å². The van der Waals surface area contributed by atoms with Crippen molar-refractivity contribution in [2.24, 2.45) is 7.05 Å². The highest BCUT2D eigenvalue weighted by Gasteiger charge is 2.23. The lowest BCUT2D eigenvalue weighted by molar-refractivity contribution is -0.117. The number of carbonyl (C=O) groups is 1. The van der Waals surface area contributed by atoms with Crippen molar-refractivity contribution in [2.45, 2.75) is 12.3 Å². The van der Waals surface area contributed by atoms with Crippen molar-refractivity contribution in [3.05, 3.63) is 102 Å². The average Bonchev–Trinajstić information content (AvgIpc) is 3.31. The first kappa shape index (κ1) is 23.8. The van der Waals surface area contributed by atoms with Crippen LogP contribution in [0.4, 0.5) is 10.2 Å². The highest BCUT2D eigenvalue weighted by molar-refractivity contribution is 5.95. The van der Waals surface area contributed by atoms with Crippen molar-refractivity contribution in [3.8, 4) is 17.2 Å². The van der Waals surface area contributed by atoms with Crippen LogP contribution in [-0.4, -0.2) is 33.8 Å². The first-order valence-corrected chi connectivity index (χ1v) is 11.2. The summed E-state index contributed by atoms with van der Waals surface area (Å²) in [6.45, 7) is 0.860. The molecule has 2 aromatic carbocycles. The van der Waals surface area contributed by atoms with Gasteiger partial charge in [0.15, 0.2) is 0 Å². The molecule has 0 radical (unpaired) electrons. The molecular weight excluding hydrogens is 443 g/mol. The van der Waals surface area contributed by atoms with E-state index in [-0.39, 0.29) is 12.5 Å². The highest BCUT2D eigenvalue weighted by atomic mass is 19.1. The molecule has 0 bridgehead atoms. The van der Waals surface area contributed by atoms with E-state index in [4.69, 9.17) is 5.26 Å². The number of hydrogen-bond donors (Lipinski definition) is 2. The number of nitrogens with zero attached hydrogens (tertiary/aromatic N) is 4. The number of pyridine rings is 1. The number of hydrogen-bond acceptors (Lipinski definition) is 5. The second kappa shape index (κ2) is 11.2. The van der Waals surface area contributed by atoms with Gasteiger partial charge in [0.05, 0.1) is 23.7 Å². The summed E-state index contributed by atoms with van der Waals surface area (Å²) in [5.74, 6) is -1.12. The Morgan fingerprint density at radius 2 is 1.89 bits per heavy atom. The number of carbonyl (C=O) groups excluding carboxylic acids is 1. The minimum atomic E-state index is -0.739. The molecule has 0 saturated carbocycles. The maximum Gasteiger partial charge on any atom is 0.234 e. The van der Waals surface area contributed by atoms with Crippen LogP contribution >= 0.6 is 0 Å². The van der Waals surface area contributed by atoms with Gasteiger partial charge in [-0.05, 0) is 48.9 Å². The number of aromatic nitrogens is 3. The normalized spacial score (nSPS) is 11.6. The number of halogens is 1. The van der Waals surface area contributed by atoms with Crippen LogP contribution < -0.4 is 10.6 Å². The maximum atomic E-state index is 14.6. The van der Waals surface area contributed by atoms with Gasteiger partial charge in [0.2, 0.25) is 5.91 Å². The molecule has 8 heteroatoms. The van der Waals surface area contributed by atoms with Crippen LogP contribution in [0.2, 0.25) is 0 Å². The third kappa shape index (κ3) is 6.16. The Balaban J connectivity index is 1.41. The van der Waals surface area contributed by atoms with Gasteiger partial charge in [-0.15, -0.1) is 0 Å². The predicted octanol–water partition coefficient (Wildman–Crippen LogP) is 4.05. The van der Waals surface area contributed by atoms with Gasteiger partial charge in [0, 0.05) is 42.7 Å². The SMILES string of the molecule is Cn1cc(-c2ccc(NC(=O)C(CNCCc3ccc(C#N)cc3)c3ccccc3F)nc2)cn1. The smallest absolute Gasteiger partial charge is 0.234 e. The summed E-state index contributed by atoms with van der Waals surface area (Å²) in [4.78, 5) is 17.5. The van der Waals surface area contributed by atoms with E-state index in [9.17, 15) is 9.18 Å². The van der Waals surface area contributed by atoms with E-state index < -0.39 is 11.7 Å². The van der Waals surface area contributed by atoms with Crippen LogP contribution in [0.5, 0.6) is 0 Å². The minimum Gasteiger partial charge on any atom is -0.315 e. The minimum absolute atomic E-state index is 0.261. The van der Waals surface area contributed by atoms with E-state index in [1.54, 1.807) is 53.5 Å². The van der Waals surface area contributed by atoms with Crippen molar-refractivity contribution >= 4 is 11.7 Å². The monoisotopic (exact) mass is 468 g/mol. The van der Waals surface area contributed by atoms with Gasteiger partial charge in [-0.2, -0.15) is 10.4 Å². The summed E-state index contributed by atoms with van der Waals surface area (Å²) in [6, 6.07) is 19.3. The molecule has 176 valence electrons. The molecule has 0 aliphatic carbocycles. The van der Waals surface area contributed by atoms with Gasteiger partial charge < -0.3 is 10.6 Å². The topological polar surface area (TPSA) is 95.6 Å². The first-order valence-electron chi connectivity index (χ1n) is 11.2. The molecule has 2 heterocycles. The highest BCUT2D eigenvalue weighted by Crippen LogP contribution is 2.22. The molecule has 35 heavy (non-hydrogen) atoms. The first-order chi connectivity index (χ1) is 17.0. The van der Waals surface area contributed by atoms with Gasteiger partial charge in [-0.25, -0.2) is 9.37 Å². The summed E-state index contributed by atoms with van der Waals surface area (Å²) in [5, 5.41) is 19.2. The van der Waals surface area contributed by atoms with E-state index in [1.165, 1.54) is 6.07 Å². The molecule has 7 nitrogen and oxygen atoms in total. The van der Waals surface area contributed by atoms with Crippen molar-refractivity contribution in [2.75, 3.05) is 18.4 Å². The molecule has 1 amide bonds. The number of aryl methyl sites for hydroxylation is 1. The summed E-state index contributed by atoms with van der Waals surface area (Å²) in [5.41, 5.74) is 3.81. The van der Waals surface area contributed by atoms with Crippen LogP contribution in [0.25, 0.3) is 11.1 Å². The number of nitriles is 1. The molecule has 0 saturated heterocycles. The summed E-state index contributed by atoms with van der Waals surface area (Å²) < 4.78 is 16.3. The Morgan fingerprint density at radius 1 is 1.09 bits per heavy atom. The summed E-state index contributed by atoms with van der Waals surface area (Å²) in [6.07, 6.45) is 6.01. The molecule has 0 spiro atoms. The van der Waals surface area contributed by atoms with Gasteiger partial charge in [-0.1, -0.05) is 30.3 Å². The van der Waals surface area contributed by atoms with Gasteiger partial charge in [0.25, 0.3) is 0 Å². The molecule has 0 aliphatic rings. The Hall–Kier alpha value is -4.35. The van der Waals surface area contributed by atoms with E-state index in [0.717, 1.165) is 16.7 Å². The predicted molar refractivity (Wildman–Crippen MR) is 132 cm³/mol. The fraction of sp³-hybridized carbons (Fsp3) is 0.185. The lowest BCUT2D eigenvalue weighted by Gasteiger charge is -2.18. The van der Waals surface area contributed by atoms with Crippen molar-refractivity contribution in [3.63, 3.8) is 0 Å². The average molecular weight is 469 g/mol. The second-order valence-corrected chi connectivity index (χ2v) is 8.16. The Morgan fingerprint density at radius 3 is 2.54 bits per heavy atom. The molecule has 0 fully saturated rings. The van der Waals surface area contributed by atoms with Crippen LogP contribution in [0, 0.1) is 17.1 Å². The zero-order valence-corrected chi connectivity index (χ0v) is 19.3. The fourth-order valence-corrected chi connectivity index (χ4v) is 3.75. The van der Waals surface area contributed by atoms with Crippen LogP contribution in [0.3, 0.4) is 0 Å². The Kier molecular flexibility index (Phi) is 7.60. The third-order valence-electron chi connectivity index (χ3n) is 5.67. The van der Waals surface area contributed by atoms with Gasteiger partial charge in [0.1, 0.15) is 11.6 Å². The number of rotatable bonds is 9. The van der Waals surface area contributed by atoms with Crippen LogP contribution in [0.1, 0.15) is 22.6 Å². The molecule has 1 atom stereocenters. The Bertz CT molecular complexity index is 1330. The van der Waals surface area contributed by atoms with E-state index >= 15 is 0 Å². The van der Waals surface area contributed by atoms with Crippen LogP contribution in [-0.2, 0) is 18.3 Å². The zero-order chi connectivity index (χ0) is 24.6. The largest absolute Gasteiger partial charge is 0.315 e. The van der Waals surface area contributed by atoms with E-state index in [2.05, 4.69) is 26.8 Å². The molecule has 2 aromatic heterocycles. The zero-order valence-electron chi connectivity index (χ0n) is 19.3. The molecule has 2 N–H and O–H groups in total. The molecular formula is C27H25FN6O. The van der Waals surface area contributed by atoms with Crippen molar-refractivity contribution < 1.29 is 9.18 Å². The number of benzene rings is 2. The lowest BCUT2D eigenvalue weighted by atomic mass is 9.97. The lowest BCUT2D eigenvalue weighted by Crippen LogP contribution is -2.32. The maximum absolute atomic E-state index is 14.6. The number of anilines is 1.